The van der Waals surface area contributed by atoms with E-state index < -0.39 is 35.6 Å². The lowest BCUT2D eigenvalue weighted by Crippen LogP contribution is -2.12. The number of rotatable bonds is 10. The van der Waals surface area contributed by atoms with Crippen LogP contribution in [0.3, 0.4) is 0 Å². The third-order valence-electron chi connectivity index (χ3n) is 6.05. The zero-order valence-electron chi connectivity index (χ0n) is 25.4. The molecule has 0 atom stereocenters. The van der Waals surface area contributed by atoms with Crippen LogP contribution >= 0.6 is 0 Å². The molecule has 8 nitrogen and oxygen atoms in total. The van der Waals surface area contributed by atoms with Crippen LogP contribution in [0.5, 0.6) is 23.0 Å². The van der Waals surface area contributed by atoms with Crippen molar-refractivity contribution >= 4 is 23.9 Å². The highest BCUT2D eigenvalue weighted by molar-refractivity contribution is 5.93. The van der Waals surface area contributed by atoms with E-state index >= 15 is 0 Å². The first kappa shape index (κ1) is 34.8. The summed E-state index contributed by atoms with van der Waals surface area (Å²) in [6, 6.07) is 10.7. The topological polar surface area (TPSA) is 105 Å². The Balaban J connectivity index is 2.23. The number of esters is 4. The van der Waals surface area contributed by atoms with Gasteiger partial charge in [-0.3, -0.25) is 0 Å². The van der Waals surface area contributed by atoms with Gasteiger partial charge in [0.1, 0.15) is 23.0 Å². The van der Waals surface area contributed by atoms with E-state index in [1.807, 2.05) is 0 Å². The summed E-state index contributed by atoms with van der Waals surface area (Å²) in [7, 11) is 0. The molecule has 46 heavy (non-hydrogen) atoms. The predicted octanol–water partition coefficient (Wildman–Crippen LogP) is 7.97. The molecule has 0 bridgehead atoms. The molecule has 11 heteroatoms. The molecule has 0 unspecified atom stereocenters. The van der Waals surface area contributed by atoms with Crippen molar-refractivity contribution in [1.82, 2.24) is 0 Å². The zero-order valence-corrected chi connectivity index (χ0v) is 25.4. The van der Waals surface area contributed by atoms with Crippen molar-refractivity contribution < 1.29 is 51.3 Å². The number of hydrogen-bond acceptors (Lipinski definition) is 8. The van der Waals surface area contributed by atoms with Crippen molar-refractivity contribution in [2.24, 2.45) is 0 Å². The Morgan fingerprint density at radius 2 is 0.891 bits per heavy atom. The highest BCUT2D eigenvalue weighted by atomic mass is 19.4. The molecule has 3 rings (SSSR count). The lowest BCUT2D eigenvalue weighted by Gasteiger charge is -2.19. The van der Waals surface area contributed by atoms with Gasteiger partial charge < -0.3 is 18.9 Å². The third-order valence-corrected chi connectivity index (χ3v) is 6.05. The molecule has 0 aliphatic carbocycles. The van der Waals surface area contributed by atoms with Crippen LogP contribution in [-0.2, 0) is 25.4 Å². The Hall–Kier alpha value is -5.71. The average Bonchev–Trinajstić information content (AvgIpc) is 2.96. The van der Waals surface area contributed by atoms with Gasteiger partial charge in [-0.05, 0) is 69.2 Å². The molecular weight excluding hydrogens is 605 g/mol. The third kappa shape index (κ3) is 8.47. The fourth-order valence-corrected chi connectivity index (χ4v) is 3.71. The molecule has 238 valence electrons. The second kappa shape index (κ2) is 13.9. The predicted molar refractivity (Wildman–Crippen MR) is 164 cm³/mol. The summed E-state index contributed by atoms with van der Waals surface area (Å²) in [5.41, 5.74) is -1.51. The summed E-state index contributed by atoms with van der Waals surface area (Å²) in [5, 5.41) is 0. The maximum Gasteiger partial charge on any atom is 0.417 e. The van der Waals surface area contributed by atoms with E-state index in [1.165, 1.54) is 64.1 Å². The molecular formula is C35H29F3O8. The van der Waals surface area contributed by atoms with Crippen LogP contribution in [-0.4, -0.2) is 23.9 Å². The maximum absolute atomic E-state index is 14.6. The van der Waals surface area contributed by atoms with E-state index in [9.17, 15) is 32.3 Å². The second-order valence-corrected chi connectivity index (χ2v) is 10.3. The van der Waals surface area contributed by atoms with Gasteiger partial charge in [0, 0.05) is 45.6 Å². The van der Waals surface area contributed by atoms with Crippen LogP contribution in [0, 0.1) is 0 Å². The quantitative estimate of drug-likeness (QED) is 0.126. The number of benzene rings is 3. The molecule has 3 aromatic carbocycles. The number of halogens is 3. The van der Waals surface area contributed by atoms with Gasteiger partial charge in [0.2, 0.25) is 0 Å². The van der Waals surface area contributed by atoms with E-state index in [2.05, 4.69) is 26.3 Å². The van der Waals surface area contributed by atoms with Crippen LogP contribution in [0.15, 0.2) is 103 Å². The van der Waals surface area contributed by atoms with E-state index in [-0.39, 0.29) is 67.5 Å². The van der Waals surface area contributed by atoms with Gasteiger partial charge >= 0.3 is 30.1 Å². The summed E-state index contributed by atoms with van der Waals surface area (Å²) < 4.78 is 65.0. The molecule has 0 heterocycles. The Labute approximate surface area is 263 Å². The molecule has 0 fully saturated rings. The Morgan fingerprint density at radius 3 is 1.30 bits per heavy atom. The van der Waals surface area contributed by atoms with Crippen molar-refractivity contribution in [3.63, 3.8) is 0 Å². The molecule has 0 spiro atoms. The first-order chi connectivity index (χ1) is 21.4. The summed E-state index contributed by atoms with van der Waals surface area (Å²) in [6.07, 6.45) is -4.93. The minimum Gasteiger partial charge on any atom is -0.423 e. The molecule has 0 aromatic heterocycles. The lowest BCUT2D eigenvalue weighted by atomic mass is 9.93. The number of carbonyl (C=O) groups is 4. The Bertz CT molecular complexity index is 1810. The monoisotopic (exact) mass is 634 g/mol. The molecule has 0 aliphatic rings. The summed E-state index contributed by atoms with van der Waals surface area (Å²) in [5.74, 6) is -4.06. The normalized spacial score (nSPS) is 10.8. The minimum atomic E-state index is -4.93. The van der Waals surface area contributed by atoms with Crippen LogP contribution < -0.4 is 18.9 Å². The number of ether oxygens (including phenoxy) is 4. The Kier molecular flexibility index (Phi) is 10.5. The van der Waals surface area contributed by atoms with Crippen molar-refractivity contribution in [1.29, 1.82) is 0 Å². The van der Waals surface area contributed by atoms with Gasteiger partial charge in [-0.25, -0.2) is 19.2 Å². The first-order valence-electron chi connectivity index (χ1n) is 13.4. The fraction of sp³-hybridized carbons (Fsp3) is 0.143. The van der Waals surface area contributed by atoms with Crippen molar-refractivity contribution in [3.05, 3.63) is 109 Å². The van der Waals surface area contributed by atoms with E-state index in [1.54, 1.807) is 0 Å². The fourth-order valence-electron chi connectivity index (χ4n) is 3.71. The van der Waals surface area contributed by atoms with Gasteiger partial charge in [0.15, 0.2) is 0 Å². The molecule has 0 radical (unpaired) electrons. The van der Waals surface area contributed by atoms with Gasteiger partial charge in [0.05, 0.1) is 5.56 Å². The number of carbonyl (C=O) groups excluding carboxylic acids is 4. The van der Waals surface area contributed by atoms with Crippen molar-refractivity contribution in [2.45, 2.75) is 33.9 Å². The van der Waals surface area contributed by atoms with E-state index in [0.717, 1.165) is 18.2 Å². The van der Waals surface area contributed by atoms with E-state index in [4.69, 9.17) is 18.9 Å². The highest BCUT2D eigenvalue weighted by Crippen LogP contribution is 2.45. The van der Waals surface area contributed by atoms with Crippen LogP contribution in [0.2, 0.25) is 0 Å². The standard InChI is InChI=1S/C35H29F3O8/c1-18(2)31(39)43-23-10-13-25(29(16-23)45-33(41)20(5)6)22-9-12-26(28(15-22)35(36,37)38)27-14-11-24(44-32(40)19(3)4)17-30(27)46-34(42)21(7)8/h9-17H,1,3,5,7H2,2,4,6,8H3. The van der Waals surface area contributed by atoms with Crippen molar-refractivity contribution in [3.8, 4) is 45.3 Å². The van der Waals surface area contributed by atoms with Gasteiger partial charge in [0.25, 0.3) is 0 Å². The maximum atomic E-state index is 14.6. The largest absolute Gasteiger partial charge is 0.423 e. The lowest BCUT2D eigenvalue weighted by molar-refractivity contribution is -0.137. The van der Waals surface area contributed by atoms with Gasteiger partial charge in [-0.1, -0.05) is 38.4 Å². The van der Waals surface area contributed by atoms with E-state index in [0.29, 0.717) is 0 Å². The summed E-state index contributed by atoms with van der Waals surface area (Å²) in [6.45, 7) is 19.6. The SMILES string of the molecule is C=C(C)C(=O)Oc1ccc(-c2ccc(-c3ccc(OC(=O)C(=C)C)cc3OC(=O)C(=C)C)c(C(F)(F)F)c2)c(OC(=O)C(=C)C)c1. The van der Waals surface area contributed by atoms with Crippen LogP contribution in [0.25, 0.3) is 22.3 Å². The molecule has 0 saturated heterocycles. The summed E-state index contributed by atoms with van der Waals surface area (Å²) >= 11 is 0. The molecule has 0 saturated carbocycles. The second-order valence-electron chi connectivity index (χ2n) is 10.3. The average molecular weight is 635 g/mol. The molecule has 0 N–H and O–H groups in total. The van der Waals surface area contributed by atoms with Crippen LogP contribution in [0.4, 0.5) is 13.2 Å². The first-order valence-corrected chi connectivity index (χ1v) is 13.4. The number of alkyl halides is 3. The minimum absolute atomic E-state index is 0.0100. The molecule has 0 amide bonds. The molecule has 0 aliphatic heterocycles. The van der Waals surface area contributed by atoms with Crippen LogP contribution in [0.1, 0.15) is 33.3 Å². The summed E-state index contributed by atoms with van der Waals surface area (Å²) in [4.78, 5) is 48.9. The van der Waals surface area contributed by atoms with Gasteiger partial charge in [-0.2, -0.15) is 13.2 Å². The molecule has 3 aromatic rings. The smallest absolute Gasteiger partial charge is 0.417 e. The number of hydrogen-bond donors (Lipinski definition) is 0. The van der Waals surface area contributed by atoms with Crippen molar-refractivity contribution in [2.75, 3.05) is 0 Å². The zero-order chi connectivity index (χ0) is 34.5. The Morgan fingerprint density at radius 1 is 0.522 bits per heavy atom. The van der Waals surface area contributed by atoms with Gasteiger partial charge in [-0.15, -0.1) is 0 Å². The highest BCUT2D eigenvalue weighted by Gasteiger charge is 2.35.